The number of benzene rings is 7. The molecule has 8 rings (SSSR count). The highest BCUT2D eigenvalue weighted by Gasteiger charge is 2.02. The molecule has 0 aliphatic rings. The van der Waals surface area contributed by atoms with Crippen LogP contribution in [0.2, 0.25) is 0 Å². The lowest BCUT2D eigenvalue weighted by atomic mass is 10.0. The van der Waals surface area contributed by atoms with Crippen molar-refractivity contribution >= 4 is 43.7 Å². The molecule has 1 aromatic heterocycles. The van der Waals surface area contributed by atoms with E-state index in [1.165, 1.54) is 78.0 Å². The largest absolute Gasteiger partial charge is 0.355 e. The minimum Gasteiger partial charge on any atom is -0.355 e. The highest BCUT2D eigenvalue weighted by molar-refractivity contribution is 6.07. The number of hydrogen-bond acceptors (Lipinski definition) is 0. The summed E-state index contributed by atoms with van der Waals surface area (Å²) in [5, 5.41) is 5.31. The van der Waals surface area contributed by atoms with E-state index in [4.69, 9.17) is 0 Å². The molecule has 296 valence electrons. The van der Waals surface area contributed by atoms with Crippen LogP contribution in [0.5, 0.6) is 0 Å². The van der Waals surface area contributed by atoms with Crippen LogP contribution in [-0.2, 0) is 0 Å². The number of aryl methyl sites for hydroxylation is 3. The van der Waals surface area contributed by atoms with Crippen molar-refractivity contribution in [2.75, 3.05) is 0 Å². The summed E-state index contributed by atoms with van der Waals surface area (Å²) in [6.07, 6.45) is 5.62. The van der Waals surface area contributed by atoms with Crippen molar-refractivity contribution in [2.24, 2.45) is 0 Å². The second-order valence-corrected chi connectivity index (χ2v) is 13.3. The average molecular weight is 754 g/mol. The highest BCUT2D eigenvalue weighted by atomic mass is 14.7. The van der Waals surface area contributed by atoms with E-state index in [9.17, 15) is 0 Å². The van der Waals surface area contributed by atoms with E-state index in [0.29, 0.717) is 0 Å². The van der Waals surface area contributed by atoms with Crippen LogP contribution < -0.4 is 0 Å². The third-order valence-electron chi connectivity index (χ3n) is 8.66. The van der Waals surface area contributed by atoms with Gasteiger partial charge in [-0.15, -0.1) is 0 Å². The summed E-state index contributed by atoms with van der Waals surface area (Å²) in [6.45, 7) is 22.9. The number of H-pyrrole nitrogens is 1. The minimum atomic E-state index is 1.22. The molecule has 0 aliphatic heterocycles. The molecule has 1 nitrogen and oxygen atoms in total. The lowest BCUT2D eigenvalue weighted by Crippen LogP contribution is -1.80. The predicted molar refractivity (Wildman–Crippen MR) is 259 cm³/mol. The van der Waals surface area contributed by atoms with Crippen molar-refractivity contribution < 1.29 is 0 Å². The van der Waals surface area contributed by atoms with Crippen molar-refractivity contribution in [1.82, 2.24) is 4.98 Å². The Morgan fingerprint density at radius 1 is 0.421 bits per heavy atom. The summed E-state index contributed by atoms with van der Waals surface area (Å²) in [5.41, 5.74) is 11.5. The summed E-state index contributed by atoms with van der Waals surface area (Å²) in [7, 11) is 0. The predicted octanol–water partition coefficient (Wildman–Crippen LogP) is 17.4. The maximum atomic E-state index is 3.41. The Labute approximate surface area is 345 Å². The summed E-state index contributed by atoms with van der Waals surface area (Å²) in [6, 6.07) is 60.9. The van der Waals surface area contributed by atoms with Crippen molar-refractivity contribution in [2.45, 2.75) is 82.6 Å². The van der Waals surface area contributed by atoms with E-state index in [1.54, 1.807) is 0 Å². The van der Waals surface area contributed by atoms with E-state index in [2.05, 4.69) is 199 Å². The third-order valence-corrected chi connectivity index (χ3v) is 8.66. The van der Waals surface area contributed by atoms with Crippen molar-refractivity contribution in [3.63, 3.8) is 0 Å². The average Bonchev–Trinajstić information content (AvgIpc) is 3.64. The number of rotatable bonds is 3. The maximum Gasteiger partial charge on any atom is 0.0465 e. The van der Waals surface area contributed by atoms with Crippen LogP contribution >= 0.6 is 0 Å². The van der Waals surface area contributed by atoms with E-state index < -0.39 is 0 Å². The lowest BCUT2D eigenvalue weighted by molar-refractivity contribution is 1.09. The zero-order valence-corrected chi connectivity index (χ0v) is 36.6. The van der Waals surface area contributed by atoms with Crippen LogP contribution in [0.1, 0.15) is 89.6 Å². The second-order valence-electron chi connectivity index (χ2n) is 13.3. The molecular formula is C56H67N. The fourth-order valence-corrected chi connectivity index (χ4v) is 5.69. The van der Waals surface area contributed by atoms with E-state index in [-0.39, 0.29) is 0 Å². The van der Waals surface area contributed by atoms with Gasteiger partial charge in [-0.3, -0.25) is 0 Å². The number of fused-ring (bicyclic) bond motifs is 4. The SMILES string of the molecule is C/C(=C\C=C(/C)c1ccc(C)cc1)c1ccccc1.CC.CC.CCC.Cc1ccc2[nH]c3ccccc3c2c1.Cc1cccc2ccccc12.c1ccccc1. The normalized spacial score (nSPS) is 10.3. The van der Waals surface area contributed by atoms with E-state index in [1.807, 2.05) is 70.2 Å². The number of allylic oxidation sites excluding steroid dienone is 4. The molecule has 1 heterocycles. The number of nitrogens with one attached hydrogen (secondary N) is 1. The van der Waals surface area contributed by atoms with Gasteiger partial charge in [-0.05, 0) is 91.4 Å². The van der Waals surface area contributed by atoms with Crippen LogP contribution in [0.25, 0.3) is 43.7 Å². The zero-order valence-electron chi connectivity index (χ0n) is 36.6. The topological polar surface area (TPSA) is 15.8 Å². The molecule has 0 amide bonds. The lowest BCUT2D eigenvalue weighted by Gasteiger charge is -2.02. The van der Waals surface area contributed by atoms with Crippen LogP contribution in [0.3, 0.4) is 0 Å². The summed E-state index contributed by atoms with van der Waals surface area (Å²) < 4.78 is 0. The Morgan fingerprint density at radius 2 is 0.842 bits per heavy atom. The van der Waals surface area contributed by atoms with Crippen molar-refractivity contribution in [3.8, 4) is 0 Å². The summed E-state index contributed by atoms with van der Waals surface area (Å²) in [5.74, 6) is 0. The van der Waals surface area contributed by atoms with Gasteiger partial charge in [0.2, 0.25) is 0 Å². The molecule has 0 unspecified atom stereocenters. The molecule has 0 bridgehead atoms. The van der Waals surface area contributed by atoms with Gasteiger partial charge in [-0.25, -0.2) is 0 Å². The number of aromatic amines is 1. The fraction of sp³-hybridized carbons (Fsp3) is 0.214. The molecule has 0 atom stereocenters. The first-order valence-corrected chi connectivity index (χ1v) is 20.7. The van der Waals surface area contributed by atoms with Gasteiger partial charge >= 0.3 is 0 Å². The summed E-state index contributed by atoms with van der Waals surface area (Å²) in [4.78, 5) is 3.41. The van der Waals surface area contributed by atoms with Gasteiger partial charge in [0, 0.05) is 21.8 Å². The Morgan fingerprint density at radius 3 is 1.40 bits per heavy atom. The Kier molecular flexibility index (Phi) is 22.9. The van der Waals surface area contributed by atoms with E-state index >= 15 is 0 Å². The molecule has 8 aromatic rings. The first kappa shape index (κ1) is 47.2. The maximum absolute atomic E-state index is 3.41. The molecule has 0 saturated carbocycles. The summed E-state index contributed by atoms with van der Waals surface area (Å²) >= 11 is 0. The Bertz CT molecular complexity index is 2270. The number of hydrogen-bond donors (Lipinski definition) is 1. The number of aromatic nitrogens is 1. The molecule has 0 spiro atoms. The molecule has 7 aromatic carbocycles. The molecule has 1 N–H and O–H groups in total. The van der Waals surface area contributed by atoms with Crippen molar-refractivity contribution in [1.29, 1.82) is 0 Å². The minimum absolute atomic E-state index is 1.22. The second kappa shape index (κ2) is 27.6. The first-order valence-electron chi connectivity index (χ1n) is 20.7. The van der Waals surface area contributed by atoms with Gasteiger partial charge in [0.25, 0.3) is 0 Å². The third kappa shape index (κ3) is 16.4. The van der Waals surface area contributed by atoms with Gasteiger partial charge in [0.15, 0.2) is 0 Å². The molecule has 0 fully saturated rings. The van der Waals surface area contributed by atoms with Gasteiger partial charge in [-0.1, -0.05) is 229 Å². The Hall–Kier alpha value is -5.92. The standard InChI is InChI=1S/C19H20.C13H11N.C11H10.C6H6.C3H8.2C2H6/c1-15-9-13-19(14-10-15)17(3)12-11-16(2)18-7-5-4-6-8-18;1-9-6-7-13-11(8-9)10-4-2-3-5-12(10)14-13;1-9-5-4-7-10-6-2-3-8-11(9)10;1-2-4-6-5-3-1;1-3-2;2*1-2/h4-14H,1-3H3;2-8,14H,1H3;2-8H,1H3;1-6H;3H2,1-2H3;2*1-2H3/b16-11+,17-12+;;;;;;. The Balaban J connectivity index is 0.000000261. The van der Waals surface area contributed by atoms with Gasteiger partial charge in [0.1, 0.15) is 0 Å². The monoisotopic (exact) mass is 754 g/mol. The first-order chi connectivity index (χ1) is 27.8. The van der Waals surface area contributed by atoms with E-state index in [0.717, 1.165) is 0 Å². The molecule has 0 radical (unpaired) electrons. The molecule has 1 heteroatoms. The van der Waals surface area contributed by atoms with Crippen LogP contribution in [0, 0.1) is 20.8 Å². The number of para-hydroxylation sites is 1. The molecule has 57 heavy (non-hydrogen) atoms. The van der Waals surface area contributed by atoms with Crippen LogP contribution in [0.15, 0.2) is 188 Å². The van der Waals surface area contributed by atoms with Gasteiger partial charge in [-0.2, -0.15) is 0 Å². The van der Waals surface area contributed by atoms with Crippen molar-refractivity contribution in [3.05, 3.63) is 216 Å². The van der Waals surface area contributed by atoms with Crippen LogP contribution in [0.4, 0.5) is 0 Å². The van der Waals surface area contributed by atoms with Gasteiger partial charge in [0.05, 0.1) is 0 Å². The molecular weight excluding hydrogens is 687 g/mol. The fourth-order valence-electron chi connectivity index (χ4n) is 5.69. The molecule has 0 saturated heterocycles. The van der Waals surface area contributed by atoms with Gasteiger partial charge < -0.3 is 4.98 Å². The smallest absolute Gasteiger partial charge is 0.0465 e. The highest BCUT2D eigenvalue weighted by Crippen LogP contribution is 2.25. The quantitative estimate of drug-likeness (QED) is 0.173. The van der Waals surface area contributed by atoms with Crippen LogP contribution in [-0.4, -0.2) is 4.98 Å². The zero-order chi connectivity index (χ0) is 41.8. The molecule has 0 aliphatic carbocycles.